The Bertz CT molecular complexity index is 64.0. The molecule has 0 aliphatic rings. The summed E-state index contributed by atoms with van der Waals surface area (Å²) in [5.74, 6) is -0.754. The third-order valence-electron chi connectivity index (χ3n) is 0.340. The number of hydrogen-bond donors (Lipinski definition) is 1. The van der Waals surface area contributed by atoms with Gasteiger partial charge in [-0.2, -0.15) is 0 Å². The van der Waals surface area contributed by atoms with E-state index in [4.69, 9.17) is 5.11 Å². The summed E-state index contributed by atoms with van der Waals surface area (Å²) in [7, 11) is 0. The highest BCUT2D eigenvalue weighted by Crippen LogP contribution is 1.95. The smallest absolute Gasteiger partial charge is 0.316 e. The first-order valence-electron chi connectivity index (χ1n) is 1.51. The molecule has 44 valence electrons. The Kier molecular flexibility index (Phi) is 6.94. The Hall–Kier alpha value is 0.490. The van der Waals surface area contributed by atoms with E-state index >= 15 is 0 Å². The molecule has 0 aromatic carbocycles. The van der Waals surface area contributed by atoms with Crippen LogP contribution in [0.25, 0.3) is 0 Å². The van der Waals surface area contributed by atoms with Gasteiger partial charge in [-0.05, 0) is 6.92 Å². The highest BCUT2D eigenvalue weighted by atomic mass is 127. The third-order valence-corrected chi connectivity index (χ3v) is 0.873. The minimum Gasteiger partial charge on any atom is -0.480 e. The molecule has 0 heterocycles. The average Bonchev–Trinajstić information content (AvgIpc) is 1.36. The summed E-state index contributed by atoms with van der Waals surface area (Å²) in [6.07, 6.45) is 0. The average molecular weight is 236 g/mol. The summed E-state index contributed by atoms with van der Waals surface area (Å²) >= 11 is 1.83. The molecule has 1 N–H and O–H groups in total. The predicted molar refractivity (Wildman–Crippen MR) is 38.4 cm³/mol. The molecule has 1 unspecified atom stereocenters. The normalized spacial score (nSPS) is 11.7. The monoisotopic (exact) mass is 236 g/mol. The molecule has 0 fully saturated rings. The molecule has 0 spiro atoms. The van der Waals surface area contributed by atoms with Crippen molar-refractivity contribution in [3.8, 4) is 0 Å². The molecule has 0 aromatic heterocycles. The third kappa shape index (κ3) is 6.49. The Morgan fingerprint density at radius 1 is 1.86 bits per heavy atom. The van der Waals surface area contributed by atoms with Gasteiger partial charge in [0.15, 0.2) is 0 Å². The van der Waals surface area contributed by atoms with Gasteiger partial charge in [0.05, 0.1) is 0 Å². The maximum absolute atomic E-state index is 9.69. The summed E-state index contributed by atoms with van der Waals surface area (Å²) in [6.45, 7) is 1.63. The van der Waals surface area contributed by atoms with E-state index in [9.17, 15) is 4.79 Å². The maximum Gasteiger partial charge on any atom is 0.316 e. The largest absolute Gasteiger partial charge is 0.480 e. The molecular formula is C3H6ClIO2. The predicted octanol–water partition coefficient (Wildman–Crippen LogP) is 1.32. The molecule has 1 atom stereocenters. The van der Waals surface area contributed by atoms with Crippen molar-refractivity contribution in [3.63, 3.8) is 0 Å². The Balaban J connectivity index is 0. The van der Waals surface area contributed by atoms with Gasteiger partial charge in [0, 0.05) is 0 Å². The van der Waals surface area contributed by atoms with Crippen LogP contribution in [0, 0.1) is 0 Å². The summed E-state index contributed by atoms with van der Waals surface area (Å²) in [4.78, 5) is 9.69. The molecular weight excluding hydrogens is 230 g/mol. The Morgan fingerprint density at radius 2 is 2.00 bits per heavy atom. The summed E-state index contributed by atoms with van der Waals surface area (Å²) in [5.41, 5.74) is 0. The lowest BCUT2D eigenvalue weighted by atomic mass is 10.5. The lowest BCUT2D eigenvalue weighted by molar-refractivity contribution is -0.135. The van der Waals surface area contributed by atoms with Crippen molar-refractivity contribution in [2.75, 3.05) is 0 Å². The maximum atomic E-state index is 9.69. The van der Waals surface area contributed by atoms with Crippen molar-refractivity contribution in [1.82, 2.24) is 0 Å². The van der Waals surface area contributed by atoms with Crippen molar-refractivity contribution in [2.24, 2.45) is 0 Å². The number of rotatable bonds is 1. The van der Waals surface area contributed by atoms with E-state index in [-0.39, 0.29) is 16.3 Å². The van der Waals surface area contributed by atoms with Crippen LogP contribution in [0.4, 0.5) is 0 Å². The number of alkyl halides is 1. The van der Waals surface area contributed by atoms with Crippen LogP contribution in [0.1, 0.15) is 6.92 Å². The molecule has 0 aliphatic heterocycles. The van der Waals surface area contributed by atoms with Crippen molar-refractivity contribution in [3.05, 3.63) is 0 Å². The van der Waals surface area contributed by atoms with Gasteiger partial charge in [-0.1, -0.05) is 22.6 Å². The van der Waals surface area contributed by atoms with Gasteiger partial charge in [-0.3, -0.25) is 4.79 Å². The van der Waals surface area contributed by atoms with Gasteiger partial charge < -0.3 is 5.11 Å². The van der Waals surface area contributed by atoms with Gasteiger partial charge >= 0.3 is 5.97 Å². The van der Waals surface area contributed by atoms with Crippen LogP contribution in [-0.2, 0) is 4.79 Å². The van der Waals surface area contributed by atoms with E-state index in [0.29, 0.717) is 0 Å². The minimum absolute atomic E-state index is 0. The van der Waals surface area contributed by atoms with Crippen LogP contribution in [0.15, 0.2) is 0 Å². The Labute approximate surface area is 61.8 Å². The fourth-order valence-electron chi connectivity index (χ4n) is 0. The zero-order chi connectivity index (χ0) is 5.15. The molecule has 0 radical (unpaired) electrons. The SMILES string of the molecule is CC(I)C(=O)O.Cl. The summed E-state index contributed by atoms with van der Waals surface area (Å²) < 4.78 is -0.261. The van der Waals surface area contributed by atoms with Gasteiger partial charge in [-0.25, -0.2) is 0 Å². The standard InChI is InChI=1S/C3H5IO2.ClH/c1-2(4)3(5)6;/h2H,1H3,(H,5,6);1H. The van der Waals surface area contributed by atoms with Crippen LogP contribution < -0.4 is 0 Å². The fourth-order valence-corrected chi connectivity index (χ4v) is 0. The van der Waals surface area contributed by atoms with E-state index in [2.05, 4.69) is 0 Å². The first-order chi connectivity index (χ1) is 2.64. The van der Waals surface area contributed by atoms with Crippen molar-refractivity contribution in [2.45, 2.75) is 10.8 Å². The van der Waals surface area contributed by atoms with E-state index in [1.54, 1.807) is 6.92 Å². The highest BCUT2D eigenvalue weighted by Gasteiger charge is 2.01. The van der Waals surface area contributed by atoms with Gasteiger partial charge in [0.1, 0.15) is 3.92 Å². The Morgan fingerprint density at radius 3 is 2.00 bits per heavy atom. The molecule has 0 rings (SSSR count). The van der Waals surface area contributed by atoms with E-state index in [1.807, 2.05) is 22.6 Å². The number of hydrogen-bond acceptors (Lipinski definition) is 1. The quantitative estimate of drug-likeness (QED) is 0.551. The lowest BCUT2D eigenvalue weighted by Crippen LogP contribution is -2.05. The molecule has 0 bridgehead atoms. The number of carboxylic acids is 1. The molecule has 0 saturated heterocycles. The fraction of sp³-hybridized carbons (Fsp3) is 0.667. The van der Waals surface area contributed by atoms with E-state index in [0.717, 1.165) is 0 Å². The molecule has 0 aromatic rings. The van der Waals surface area contributed by atoms with E-state index in [1.165, 1.54) is 0 Å². The summed E-state index contributed by atoms with van der Waals surface area (Å²) in [6, 6.07) is 0. The highest BCUT2D eigenvalue weighted by molar-refractivity contribution is 14.1. The molecule has 2 nitrogen and oxygen atoms in total. The van der Waals surface area contributed by atoms with Gasteiger partial charge in [0.25, 0.3) is 0 Å². The first-order valence-corrected chi connectivity index (χ1v) is 2.76. The van der Waals surface area contributed by atoms with Crippen molar-refractivity contribution < 1.29 is 9.90 Å². The minimum atomic E-state index is -0.754. The zero-order valence-electron chi connectivity index (χ0n) is 3.72. The van der Waals surface area contributed by atoms with Crippen LogP contribution in [-0.4, -0.2) is 15.0 Å². The second-order valence-corrected chi connectivity index (χ2v) is 2.82. The zero-order valence-corrected chi connectivity index (χ0v) is 6.69. The van der Waals surface area contributed by atoms with Crippen molar-refractivity contribution >= 4 is 41.0 Å². The van der Waals surface area contributed by atoms with Crippen LogP contribution in [0.2, 0.25) is 0 Å². The second kappa shape index (κ2) is 4.64. The van der Waals surface area contributed by atoms with Gasteiger partial charge in [-0.15, -0.1) is 12.4 Å². The van der Waals surface area contributed by atoms with Crippen molar-refractivity contribution in [1.29, 1.82) is 0 Å². The summed E-state index contributed by atoms with van der Waals surface area (Å²) in [5, 5.41) is 7.98. The number of halogens is 2. The molecule has 0 saturated carbocycles. The van der Waals surface area contributed by atoms with Crippen LogP contribution in [0.3, 0.4) is 0 Å². The first kappa shape index (κ1) is 10.5. The van der Waals surface area contributed by atoms with Crippen LogP contribution >= 0.6 is 35.0 Å². The number of carbonyl (C=O) groups is 1. The molecule has 7 heavy (non-hydrogen) atoms. The molecule has 0 aliphatic carbocycles. The topological polar surface area (TPSA) is 37.3 Å². The van der Waals surface area contributed by atoms with Crippen LogP contribution in [0.5, 0.6) is 0 Å². The molecule has 0 amide bonds. The number of carboxylic acid groups (broad SMARTS) is 1. The van der Waals surface area contributed by atoms with Gasteiger partial charge in [0.2, 0.25) is 0 Å². The van der Waals surface area contributed by atoms with E-state index < -0.39 is 5.97 Å². The molecule has 4 heteroatoms. The lowest BCUT2D eigenvalue weighted by Gasteiger charge is -1.87. The second-order valence-electron chi connectivity index (χ2n) is 0.954. The number of aliphatic carboxylic acids is 1.